The number of carbonyl (C=O) groups excluding carboxylic acids is 1. The van der Waals surface area contributed by atoms with Gasteiger partial charge in [-0.1, -0.05) is 31.5 Å². The molecule has 1 aromatic rings. The van der Waals surface area contributed by atoms with Crippen molar-refractivity contribution in [3.63, 3.8) is 0 Å². The summed E-state index contributed by atoms with van der Waals surface area (Å²) in [5.74, 6) is -0.463. The Hall–Kier alpha value is -1.17. The molecule has 24 heavy (non-hydrogen) atoms. The Kier molecular flexibility index (Phi) is 5.28. The number of nitrogens with zero attached hydrogens (tertiary/aromatic N) is 1. The SMILES string of the molecule is Cc1ccc(S(=O)(=O)N=C2C(C(C)C)=CC(=O)C(C)(Cl)C2Cl)cc1. The third-order valence-corrected chi connectivity index (χ3v) is 6.40. The van der Waals surface area contributed by atoms with Crippen LogP contribution in [0, 0.1) is 12.8 Å². The highest BCUT2D eigenvalue weighted by molar-refractivity contribution is 7.90. The quantitative estimate of drug-likeness (QED) is 0.738. The lowest BCUT2D eigenvalue weighted by molar-refractivity contribution is -0.116. The van der Waals surface area contributed by atoms with Crippen molar-refractivity contribution in [1.29, 1.82) is 0 Å². The minimum atomic E-state index is -3.95. The number of sulfonamides is 1. The van der Waals surface area contributed by atoms with E-state index >= 15 is 0 Å². The lowest BCUT2D eigenvalue weighted by atomic mass is 9.82. The highest BCUT2D eigenvalue weighted by Gasteiger charge is 2.46. The summed E-state index contributed by atoms with van der Waals surface area (Å²) < 4.78 is 29.2. The third-order valence-electron chi connectivity index (χ3n) is 3.94. The Morgan fingerprint density at radius 2 is 1.75 bits per heavy atom. The van der Waals surface area contributed by atoms with Crippen LogP contribution in [0.4, 0.5) is 0 Å². The Labute approximate surface area is 152 Å². The number of alkyl halides is 2. The van der Waals surface area contributed by atoms with Crippen LogP contribution >= 0.6 is 23.2 Å². The monoisotopic (exact) mass is 387 g/mol. The molecule has 7 heteroatoms. The second kappa shape index (κ2) is 6.62. The molecule has 0 amide bonds. The van der Waals surface area contributed by atoms with Gasteiger partial charge in [-0.2, -0.15) is 12.8 Å². The molecule has 0 bridgehead atoms. The van der Waals surface area contributed by atoms with Gasteiger partial charge in [-0.25, -0.2) is 0 Å². The number of carbonyl (C=O) groups is 1. The molecule has 1 aromatic carbocycles. The first-order chi connectivity index (χ1) is 11.0. The van der Waals surface area contributed by atoms with Crippen LogP contribution < -0.4 is 0 Å². The van der Waals surface area contributed by atoms with Gasteiger partial charge in [0.1, 0.15) is 10.3 Å². The molecule has 0 heterocycles. The molecule has 0 aromatic heterocycles. The van der Waals surface area contributed by atoms with Crippen LogP contribution in [0.2, 0.25) is 0 Å². The van der Waals surface area contributed by atoms with Gasteiger partial charge in [-0.3, -0.25) is 4.79 Å². The number of aryl methyl sites for hydroxylation is 1. The molecule has 130 valence electrons. The molecular weight excluding hydrogens is 369 g/mol. The predicted octanol–water partition coefficient (Wildman–Crippen LogP) is 3.89. The summed E-state index contributed by atoms with van der Waals surface area (Å²) in [6, 6.07) is 6.37. The minimum absolute atomic E-state index is 0.0701. The Morgan fingerprint density at radius 1 is 1.21 bits per heavy atom. The van der Waals surface area contributed by atoms with Gasteiger partial charge in [0.15, 0.2) is 5.78 Å². The Balaban J connectivity index is 2.61. The van der Waals surface area contributed by atoms with Crippen molar-refractivity contribution in [2.75, 3.05) is 0 Å². The lowest BCUT2D eigenvalue weighted by Gasteiger charge is -2.32. The summed E-state index contributed by atoms with van der Waals surface area (Å²) in [5, 5.41) is -1.03. The number of rotatable bonds is 3. The molecule has 0 N–H and O–H groups in total. The molecule has 2 unspecified atom stereocenters. The van der Waals surface area contributed by atoms with Crippen molar-refractivity contribution in [3.8, 4) is 0 Å². The summed E-state index contributed by atoms with van der Waals surface area (Å²) >= 11 is 12.6. The smallest absolute Gasteiger partial charge is 0.282 e. The van der Waals surface area contributed by atoms with E-state index in [2.05, 4.69) is 4.40 Å². The van der Waals surface area contributed by atoms with Crippen molar-refractivity contribution >= 4 is 44.7 Å². The van der Waals surface area contributed by atoms with E-state index in [1.165, 1.54) is 25.1 Å². The van der Waals surface area contributed by atoms with Crippen LogP contribution in [-0.2, 0) is 14.8 Å². The Morgan fingerprint density at radius 3 is 2.25 bits per heavy atom. The Bertz CT molecular complexity index is 822. The number of benzene rings is 1. The normalized spacial score (nSPS) is 26.8. The first-order valence-corrected chi connectivity index (χ1v) is 9.73. The predicted molar refractivity (Wildman–Crippen MR) is 97.6 cm³/mol. The molecule has 4 nitrogen and oxygen atoms in total. The molecule has 0 spiro atoms. The summed E-state index contributed by atoms with van der Waals surface area (Å²) in [6.07, 6.45) is 1.35. The second-order valence-electron chi connectivity index (χ2n) is 6.32. The second-order valence-corrected chi connectivity index (χ2v) is 9.15. The maximum atomic E-state index is 12.6. The highest BCUT2D eigenvalue weighted by atomic mass is 35.5. The molecule has 0 saturated heterocycles. The zero-order valence-electron chi connectivity index (χ0n) is 13.9. The van der Waals surface area contributed by atoms with Crippen LogP contribution in [0.25, 0.3) is 0 Å². The van der Waals surface area contributed by atoms with E-state index in [0.717, 1.165) is 5.56 Å². The van der Waals surface area contributed by atoms with Crippen LogP contribution in [-0.4, -0.2) is 30.2 Å². The van der Waals surface area contributed by atoms with E-state index in [1.54, 1.807) is 12.1 Å². The average Bonchev–Trinajstić information content (AvgIpc) is 2.48. The van der Waals surface area contributed by atoms with Gasteiger partial charge in [0.2, 0.25) is 0 Å². The number of allylic oxidation sites excluding steroid dienone is 2. The van der Waals surface area contributed by atoms with E-state index in [-0.39, 0.29) is 22.3 Å². The average molecular weight is 388 g/mol. The molecule has 1 aliphatic rings. The van der Waals surface area contributed by atoms with Gasteiger partial charge < -0.3 is 0 Å². The molecule has 0 fully saturated rings. The first kappa shape index (κ1) is 19.2. The standard InChI is InChI=1S/C17H19Cl2NO3S/c1-10(2)13-9-14(21)17(4,19)16(18)15(13)20-24(22,23)12-7-5-11(3)6-8-12/h5-10,16H,1-4H3. The van der Waals surface area contributed by atoms with Gasteiger partial charge in [0.25, 0.3) is 10.0 Å². The zero-order chi connectivity index (χ0) is 18.3. The van der Waals surface area contributed by atoms with Gasteiger partial charge in [0.05, 0.1) is 10.6 Å². The molecule has 2 rings (SSSR count). The van der Waals surface area contributed by atoms with Crippen molar-refractivity contribution in [2.24, 2.45) is 10.3 Å². The largest absolute Gasteiger partial charge is 0.293 e. The van der Waals surface area contributed by atoms with Crippen LogP contribution in [0.5, 0.6) is 0 Å². The number of hydrogen-bond acceptors (Lipinski definition) is 3. The fourth-order valence-corrected chi connectivity index (χ4v) is 3.89. The maximum absolute atomic E-state index is 12.6. The van der Waals surface area contributed by atoms with Gasteiger partial charge in [0, 0.05) is 0 Å². The van der Waals surface area contributed by atoms with Gasteiger partial charge in [-0.05, 0) is 43.5 Å². The number of hydrogen-bond donors (Lipinski definition) is 0. The summed E-state index contributed by atoms with van der Waals surface area (Å²) in [7, 11) is -3.95. The molecule has 1 aliphatic carbocycles. The fraction of sp³-hybridized carbons (Fsp3) is 0.412. The molecular formula is C17H19Cl2NO3S. The van der Waals surface area contributed by atoms with E-state index in [0.29, 0.717) is 5.57 Å². The highest BCUT2D eigenvalue weighted by Crippen LogP contribution is 2.36. The van der Waals surface area contributed by atoms with E-state index in [9.17, 15) is 13.2 Å². The minimum Gasteiger partial charge on any atom is -0.293 e. The van der Waals surface area contributed by atoms with E-state index in [1.807, 2.05) is 20.8 Å². The van der Waals surface area contributed by atoms with Crippen molar-refractivity contribution in [3.05, 3.63) is 41.5 Å². The van der Waals surface area contributed by atoms with Crippen LogP contribution in [0.3, 0.4) is 0 Å². The molecule has 0 saturated carbocycles. The third kappa shape index (κ3) is 3.58. The summed E-state index contributed by atoms with van der Waals surface area (Å²) in [5.41, 5.74) is 1.56. The number of halogens is 2. The maximum Gasteiger partial charge on any atom is 0.282 e. The fourth-order valence-electron chi connectivity index (χ4n) is 2.34. The molecule has 0 radical (unpaired) electrons. The van der Waals surface area contributed by atoms with E-state index < -0.39 is 20.3 Å². The molecule has 0 aliphatic heterocycles. The van der Waals surface area contributed by atoms with E-state index in [4.69, 9.17) is 23.2 Å². The number of ketones is 1. The zero-order valence-corrected chi connectivity index (χ0v) is 16.2. The topological polar surface area (TPSA) is 63.6 Å². The first-order valence-electron chi connectivity index (χ1n) is 7.47. The van der Waals surface area contributed by atoms with Gasteiger partial charge in [-0.15, -0.1) is 23.2 Å². The molecule has 2 atom stereocenters. The summed E-state index contributed by atoms with van der Waals surface area (Å²) in [6.45, 7) is 7.01. The van der Waals surface area contributed by atoms with Crippen molar-refractivity contribution < 1.29 is 13.2 Å². The van der Waals surface area contributed by atoms with Crippen LogP contribution in [0.15, 0.2) is 45.2 Å². The lowest BCUT2D eigenvalue weighted by Crippen LogP contribution is -2.47. The van der Waals surface area contributed by atoms with Crippen molar-refractivity contribution in [2.45, 2.75) is 42.8 Å². The van der Waals surface area contributed by atoms with Crippen LogP contribution in [0.1, 0.15) is 26.3 Å². The van der Waals surface area contributed by atoms with Gasteiger partial charge >= 0.3 is 0 Å². The summed E-state index contributed by atoms with van der Waals surface area (Å²) in [4.78, 5) is 10.8. The van der Waals surface area contributed by atoms with Crippen molar-refractivity contribution in [1.82, 2.24) is 0 Å².